The maximum absolute atomic E-state index is 14.1. The molecule has 0 unspecified atom stereocenters. The number of nitrogens with zero attached hydrogens (tertiary/aromatic N) is 2. The van der Waals surface area contributed by atoms with Crippen molar-refractivity contribution in [2.45, 2.75) is 124 Å². The van der Waals surface area contributed by atoms with Crippen molar-refractivity contribution >= 4 is 45.7 Å². The average Bonchev–Trinajstić information content (AvgIpc) is 3.79. The molecular formula is C45H59N5O6S. The minimum atomic E-state index is -0.883. The van der Waals surface area contributed by atoms with Gasteiger partial charge >= 0.3 is 0 Å². The number of aryl methyl sites for hydroxylation is 2. The number of rotatable bonds is 17. The molecule has 2 heterocycles. The summed E-state index contributed by atoms with van der Waals surface area (Å²) >= 11 is 1.58. The number of β-amino-alcohol motifs (C(OH)–C–C–N with tert-alkyl or cyclic N) is 1. The summed E-state index contributed by atoms with van der Waals surface area (Å²) in [6.07, 6.45) is 1.84. The third-order valence-corrected chi connectivity index (χ3v) is 12.0. The second-order valence-electron chi connectivity index (χ2n) is 16.7. The molecule has 12 heteroatoms. The van der Waals surface area contributed by atoms with E-state index in [1.165, 1.54) is 4.90 Å². The molecule has 1 fully saturated rings. The van der Waals surface area contributed by atoms with E-state index in [1.807, 2.05) is 71.3 Å². The Morgan fingerprint density at radius 3 is 2.26 bits per heavy atom. The summed E-state index contributed by atoms with van der Waals surface area (Å²) in [4.78, 5) is 59.1. The molecule has 4 amide bonds. The number of carbonyl (C=O) groups is 4. The fourth-order valence-electron chi connectivity index (χ4n) is 7.29. The van der Waals surface area contributed by atoms with Crippen molar-refractivity contribution in [2.24, 2.45) is 17.1 Å². The Kier molecular flexibility index (Phi) is 14.6. The molecular weight excluding hydrogens is 739 g/mol. The van der Waals surface area contributed by atoms with Crippen LogP contribution in [-0.4, -0.2) is 69.5 Å². The van der Waals surface area contributed by atoms with E-state index >= 15 is 0 Å². The fourth-order valence-corrected chi connectivity index (χ4v) is 8.10. The molecule has 3 aromatic carbocycles. The van der Waals surface area contributed by atoms with Crippen molar-refractivity contribution in [2.75, 3.05) is 6.54 Å². The number of hydrogen-bond acceptors (Lipinski definition) is 8. The van der Waals surface area contributed by atoms with E-state index in [4.69, 9.17) is 10.5 Å². The van der Waals surface area contributed by atoms with Gasteiger partial charge < -0.3 is 31.1 Å². The second kappa shape index (κ2) is 19.2. The number of nitrogens with one attached hydrogen (secondary N) is 2. The first kappa shape index (κ1) is 43.5. The Bertz CT molecular complexity index is 2020. The zero-order chi connectivity index (χ0) is 41.4. The number of fused-ring (bicyclic) bond motifs is 1. The van der Waals surface area contributed by atoms with Crippen molar-refractivity contribution < 1.29 is 29.0 Å². The number of benzene rings is 3. The molecule has 0 radical (unpaired) electrons. The van der Waals surface area contributed by atoms with E-state index in [2.05, 4.69) is 58.9 Å². The molecule has 5 N–H and O–H groups in total. The predicted molar refractivity (Wildman–Crippen MR) is 225 cm³/mol. The number of amides is 4. The number of thiazole rings is 1. The van der Waals surface area contributed by atoms with Gasteiger partial charge in [-0.1, -0.05) is 82.3 Å². The number of carbonyl (C=O) groups excluding carboxylic acids is 4. The van der Waals surface area contributed by atoms with E-state index in [0.717, 1.165) is 43.6 Å². The molecule has 5 rings (SSSR count). The van der Waals surface area contributed by atoms with Gasteiger partial charge in [0.2, 0.25) is 23.6 Å². The van der Waals surface area contributed by atoms with Gasteiger partial charge in [0, 0.05) is 25.8 Å². The third kappa shape index (κ3) is 11.7. The lowest BCUT2D eigenvalue weighted by Gasteiger charge is -2.35. The van der Waals surface area contributed by atoms with Crippen LogP contribution in [0.4, 0.5) is 0 Å². The van der Waals surface area contributed by atoms with Crippen molar-refractivity contribution in [3.8, 4) is 10.4 Å². The van der Waals surface area contributed by atoms with Crippen LogP contribution < -0.4 is 16.4 Å². The standard InChI is InChI=1S/C45H59N5O6S/c1-27(11-20-39(46)52)30(4)56-25-32-13-15-35-21-31(12-14-36(35)22-32)9-8-10-40(53)49-42(45(5,6)7)44(55)50-24-37(51)23-38(50)43(54)48-28(2)33-16-18-34(19-17-33)41-29(3)47-26-57-41/h12-19,21-22,26-28,30,37-38,42,51H,8-11,20,23-25H2,1-7H3,(H2,46,52)(H,48,54)(H,49,53)/t27-,28-,30+,37+,38-,42+/m0/s1. The molecule has 57 heavy (non-hydrogen) atoms. The Hall–Kier alpha value is -4.65. The van der Waals surface area contributed by atoms with Crippen LogP contribution in [0.15, 0.2) is 66.2 Å². The lowest BCUT2D eigenvalue weighted by Crippen LogP contribution is -2.57. The lowest BCUT2D eigenvalue weighted by molar-refractivity contribution is -0.144. The van der Waals surface area contributed by atoms with E-state index in [9.17, 15) is 24.3 Å². The van der Waals surface area contributed by atoms with Crippen LogP contribution in [0.1, 0.15) is 102 Å². The molecule has 1 aliphatic rings. The molecule has 11 nitrogen and oxygen atoms in total. The summed E-state index contributed by atoms with van der Waals surface area (Å²) in [5, 5.41) is 18.9. The zero-order valence-corrected chi connectivity index (χ0v) is 35.2. The number of ether oxygens (including phenoxy) is 1. The van der Waals surface area contributed by atoms with Gasteiger partial charge in [0.1, 0.15) is 12.1 Å². The summed E-state index contributed by atoms with van der Waals surface area (Å²) < 4.78 is 6.08. The van der Waals surface area contributed by atoms with Crippen LogP contribution in [0.5, 0.6) is 0 Å². The monoisotopic (exact) mass is 797 g/mol. The number of nitrogens with two attached hydrogens (primary N) is 1. The Balaban J connectivity index is 1.13. The van der Waals surface area contributed by atoms with Crippen molar-refractivity contribution in [1.82, 2.24) is 20.5 Å². The minimum absolute atomic E-state index is 0.00304. The predicted octanol–water partition coefficient (Wildman–Crippen LogP) is 6.77. The Morgan fingerprint density at radius 2 is 1.63 bits per heavy atom. The number of primary amides is 1. The zero-order valence-electron chi connectivity index (χ0n) is 34.3. The fraction of sp³-hybridized carbons (Fsp3) is 0.489. The topological polar surface area (TPSA) is 164 Å². The van der Waals surface area contributed by atoms with Gasteiger partial charge in [-0.2, -0.15) is 0 Å². The molecule has 1 aromatic heterocycles. The molecule has 4 aromatic rings. The maximum Gasteiger partial charge on any atom is 0.246 e. The molecule has 0 saturated carbocycles. The summed E-state index contributed by atoms with van der Waals surface area (Å²) in [7, 11) is 0. The van der Waals surface area contributed by atoms with Crippen molar-refractivity contribution in [1.29, 1.82) is 0 Å². The van der Waals surface area contributed by atoms with E-state index < -0.39 is 23.6 Å². The van der Waals surface area contributed by atoms with Crippen LogP contribution in [0, 0.1) is 18.3 Å². The molecule has 0 aliphatic carbocycles. The summed E-state index contributed by atoms with van der Waals surface area (Å²) in [5.74, 6) is -1.03. The normalized spacial score (nSPS) is 17.9. The van der Waals surface area contributed by atoms with Gasteiger partial charge in [0.25, 0.3) is 0 Å². The quantitative estimate of drug-likeness (QED) is 0.0916. The summed E-state index contributed by atoms with van der Waals surface area (Å²) in [5.41, 5.74) is 11.6. The highest BCUT2D eigenvalue weighted by Gasteiger charge is 2.44. The number of hydrogen-bond donors (Lipinski definition) is 4. The van der Waals surface area contributed by atoms with Gasteiger partial charge in [0.15, 0.2) is 0 Å². The molecule has 6 atom stereocenters. The lowest BCUT2D eigenvalue weighted by atomic mass is 9.85. The highest BCUT2D eigenvalue weighted by Crippen LogP contribution is 2.30. The van der Waals surface area contributed by atoms with Gasteiger partial charge in [-0.3, -0.25) is 19.2 Å². The molecule has 306 valence electrons. The minimum Gasteiger partial charge on any atom is -0.391 e. The molecule has 1 aliphatic heterocycles. The number of likely N-dealkylation sites (tertiary alicyclic amines) is 1. The largest absolute Gasteiger partial charge is 0.391 e. The SMILES string of the molecule is Cc1ncsc1-c1ccc([C@H](C)NC(=O)[C@@H]2C[C@@H](O)CN2C(=O)[C@@H](NC(=O)CCCc2ccc3cc(CO[C@H](C)[C@@H](C)CCC(N)=O)ccc3c2)C(C)(C)C)cc1. The first-order valence-corrected chi connectivity index (χ1v) is 20.9. The molecule has 0 spiro atoms. The first-order valence-electron chi connectivity index (χ1n) is 20.0. The van der Waals surface area contributed by atoms with Crippen LogP contribution in [0.2, 0.25) is 0 Å². The van der Waals surface area contributed by atoms with Crippen LogP contribution in [-0.2, 0) is 36.9 Å². The average molecular weight is 798 g/mol. The van der Waals surface area contributed by atoms with Crippen LogP contribution in [0.25, 0.3) is 21.2 Å². The number of aliphatic hydroxyl groups excluding tert-OH is 1. The van der Waals surface area contributed by atoms with Gasteiger partial charge in [-0.25, -0.2) is 4.98 Å². The highest BCUT2D eigenvalue weighted by atomic mass is 32.1. The maximum atomic E-state index is 14.1. The Labute approximate surface area is 340 Å². The molecule has 0 bridgehead atoms. The smallest absolute Gasteiger partial charge is 0.246 e. The number of aliphatic hydroxyl groups is 1. The van der Waals surface area contributed by atoms with Crippen molar-refractivity contribution in [3.05, 3.63) is 88.6 Å². The number of aromatic nitrogens is 1. The van der Waals surface area contributed by atoms with Gasteiger partial charge in [0.05, 0.1) is 40.9 Å². The third-order valence-electron chi connectivity index (χ3n) is 11.1. The highest BCUT2D eigenvalue weighted by molar-refractivity contribution is 7.13. The second-order valence-corrected chi connectivity index (χ2v) is 17.6. The summed E-state index contributed by atoms with van der Waals surface area (Å²) in [6.45, 7) is 14.1. The van der Waals surface area contributed by atoms with E-state index in [1.54, 1.807) is 11.3 Å². The van der Waals surface area contributed by atoms with Crippen LogP contribution in [0.3, 0.4) is 0 Å². The van der Waals surface area contributed by atoms with Crippen molar-refractivity contribution in [3.63, 3.8) is 0 Å². The first-order chi connectivity index (χ1) is 27.0. The van der Waals surface area contributed by atoms with Gasteiger partial charge in [-0.15, -0.1) is 11.3 Å². The van der Waals surface area contributed by atoms with E-state index in [0.29, 0.717) is 32.3 Å². The van der Waals surface area contributed by atoms with Gasteiger partial charge in [-0.05, 0) is 90.5 Å². The summed E-state index contributed by atoms with van der Waals surface area (Å²) in [6, 6.07) is 18.5. The van der Waals surface area contributed by atoms with E-state index in [-0.39, 0.29) is 61.1 Å². The van der Waals surface area contributed by atoms with Crippen LogP contribution >= 0.6 is 11.3 Å². The Morgan fingerprint density at radius 1 is 0.965 bits per heavy atom. The molecule has 1 saturated heterocycles.